The third-order valence-electron chi connectivity index (χ3n) is 4.85. The van der Waals surface area contributed by atoms with E-state index in [4.69, 9.17) is 10.8 Å². The molecule has 0 saturated carbocycles. The van der Waals surface area contributed by atoms with Gasteiger partial charge in [0.2, 0.25) is 5.95 Å². The molecule has 0 radical (unpaired) electrons. The lowest BCUT2D eigenvalue weighted by atomic mass is 9.94. The van der Waals surface area contributed by atoms with E-state index in [1.165, 1.54) is 10.1 Å². The Labute approximate surface area is 159 Å². The molecule has 0 aliphatic heterocycles. The quantitative estimate of drug-likeness (QED) is 0.706. The molecule has 0 spiro atoms. The van der Waals surface area contributed by atoms with E-state index in [1.54, 1.807) is 13.1 Å². The van der Waals surface area contributed by atoms with Crippen LogP contribution in [0.25, 0.3) is 11.1 Å². The van der Waals surface area contributed by atoms with Gasteiger partial charge in [-0.1, -0.05) is 55.5 Å². The molecule has 3 N–H and O–H groups in total. The number of hydrogen-bond donors (Lipinski definition) is 2. The third-order valence-corrected chi connectivity index (χ3v) is 4.85. The lowest BCUT2D eigenvalue weighted by Crippen LogP contribution is -2.22. The van der Waals surface area contributed by atoms with Crippen LogP contribution in [0.1, 0.15) is 29.7 Å². The Kier molecular flexibility index (Phi) is 5.72. The average Bonchev–Trinajstić information content (AvgIpc) is 2.67. The van der Waals surface area contributed by atoms with E-state index in [0.29, 0.717) is 12.1 Å². The zero-order valence-electron chi connectivity index (χ0n) is 15.7. The fraction of sp³-hybridized carbons (Fsp3) is 0.273. The van der Waals surface area contributed by atoms with Gasteiger partial charge < -0.3 is 10.8 Å². The Bertz CT molecular complexity index is 978. The molecule has 1 heterocycles. The second-order valence-corrected chi connectivity index (χ2v) is 6.91. The van der Waals surface area contributed by atoms with Crippen molar-refractivity contribution in [3.63, 3.8) is 0 Å². The summed E-state index contributed by atoms with van der Waals surface area (Å²) in [6, 6.07) is 18.2. The number of aliphatic hydroxyl groups excluding tert-OH is 1. The van der Waals surface area contributed by atoms with Gasteiger partial charge in [0.1, 0.15) is 0 Å². The first-order valence-corrected chi connectivity index (χ1v) is 9.10. The maximum atomic E-state index is 12.0. The lowest BCUT2D eigenvalue weighted by molar-refractivity contribution is 0.299. The molecule has 27 heavy (non-hydrogen) atoms. The van der Waals surface area contributed by atoms with Crippen molar-refractivity contribution in [2.45, 2.75) is 25.7 Å². The van der Waals surface area contributed by atoms with Gasteiger partial charge in [-0.15, -0.1) is 0 Å². The second kappa shape index (κ2) is 8.18. The van der Waals surface area contributed by atoms with Gasteiger partial charge in [0.15, 0.2) is 0 Å². The van der Waals surface area contributed by atoms with Gasteiger partial charge in [0, 0.05) is 25.6 Å². The van der Waals surface area contributed by atoms with Crippen molar-refractivity contribution >= 4 is 5.95 Å². The van der Waals surface area contributed by atoms with Crippen LogP contribution in [0.2, 0.25) is 0 Å². The molecule has 0 saturated heterocycles. The van der Waals surface area contributed by atoms with E-state index in [2.05, 4.69) is 42.2 Å². The van der Waals surface area contributed by atoms with E-state index in [0.717, 1.165) is 23.1 Å². The molecule has 0 bridgehead atoms. The Hall–Kier alpha value is -2.92. The lowest BCUT2D eigenvalue weighted by Gasteiger charge is -2.13. The van der Waals surface area contributed by atoms with E-state index in [-0.39, 0.29) is 24.0 Å². The molecular formula is C22H25N3O2. The fourth-order valence-corrected chi connectivity index (χ4v) is 3.16. The van der Waals surface area contributed by atoms with Gasteiger partial charge in [0.25, 0.3) is 5.56 Å². The number of benzene rings is 2. The van der Waals surface area contributed by atoms with Crippen LogP contribution in [0.4, 0.5) is 5.95 Å². The van der Waals surface area contributed by atoms with Gasteiger partial charge in [-0.2, -0.15) is 0 Å². The van der Waals surface area contributed by atoms with Crippen molar-refractivity contribution in [3.8, 4) is 11.1 Å². The molecule has 5 nitrogen and oxygen atoms in total. The molecule has 0 fully saturated rings. The van der Waals surface area contributed by atoms with Gasteiger partial charge >= 0.3 is 0 Å². The number of nitrogens with two attached hydrogens (primary N) is 1. The Balaban J connectivity index is 1.80. The Morgan fingerprint density at radius 1 is 1.07 bits per heavy atom. The topological polar surface area (TPSA) is 81.1 Å². The standard InChI is InChI=1S/C22H25N3O2/c1-15(20-14-21(27)25(2)22(23)24-20)12-17-4-3-5-19(13-17)18-8-6-16(7-9-18)10-11-26/h3-9,13-15,26H,10-12H2,1-2H3,(H2,23,24)/t15-/m0/s1. The first-order chi connectivity index (χ1) is 13.0. The van der Waals surface area contributed by atoms with Crippen LogP contribution in [0.3, 0.4) is 0 Å². The Morgan fingerprint density at radius 3 is 2.48 bits per heavy atom. The zero-order chi connectivity index (χ0) is 19.4. The van der Waals surface area contributed by atoms with Gasteiger partial charge in [-0.05, 0) is 35.1 Å². The van der Waals surface area contributed by atoms with Gasteiger partial charge in [-0.25, -0.2) is 4.98 Å². The van der Waals surface area contributed by atoms with Crippen LogP contribution in [0, 0.1) is 0 Å². The monoisotopic (exact) mass is 363 g/mol. The summed E-state index contributed by atoms with van der Waals surface area (Å²) in [6.45, 7) is 2.21. The van der Waals surface area contributed by atoms with Crippen LogP contribution >= 0.6 is 0 Å². The van der Waals surface area contributed by atoms with Gasteiger partial charge in [-0.3, -0.25) is 9.36 Å². The molecular weight excluding hydrogens is 338 g/mol. The van der Waals surface area contributed by atoms with E-state index in [1.807, 2.05) is 18.2 Å². The molecule has 0 unspecified atom stereocenters. The van der Waals surface area contributed by atoms with E-state index in [9.17, 15) is 4.79 Å². The molecule has 3 rings (SSSR count). The minimum absolute atomic E-state index is 0.0865. The first kappa shape index (κ1) is 18.9. The summed E-state index contributed by atoms with van der Waals surface area (Å²) < 4.78 is 1.34. The molecule has 0 aliphatic rings. The number of rotatable bonds is 6. The Morgan fingerprint density at radius 2 is 1.81 bits per heavy atom. The van der Waals surface area contributed by atoms with Crippen molar-refractivity contribution in [1.82, 2.24) is 9.55 Å². The first-order valence-electron chi connectivity index (χ1n) is 9.10. The smallest absolute Gasteiger partial charge is 0.254 e. The minimum Gasteiger partial charge on any atom is -0.396 e. The summed E-state index contributed by atoms with van der Waals surface area (Å²) in [4.78, 5) is 16.3. The van der Waals surface area contributed by atoms with Crippen LogP contribution in [-0.4, -0.2) is 21.3 Å². The van der Waals surface area contributed by atoms with Crippen molar-refractivity contribution in [1.29, 1.82) is 0 Å². The summed E-state index contributed by atoms with van der Waals surface area (Å²) in [6.07, 6.45) is 1.44. The number of aliphatic hydroxyl groups is 1. The number of nitrogens with zero attached hydrogens (tertiary/aromatic N) is 2. The molecule has 0 amide bonds. The summed E-state index contributed by atoms with van der Waals surface area (Å²) in [5, 5.41) is 9.04. The highest BCUT2D eigenvalue weighted by Crippen LogP contribution is 2.24. The fourth-order valence-electron chi connectivity index (χ4n) is 3.16. The van der Waals surface area contributed by atoms with Crippen molar-refractivity contribution in [2.24, 2.45) is 7.05 Å². The summed E-state index contributed by atoms with van der Waals surface area (Å²) in [7, 11) is 1.62. The third kappa shape index (κ3) is 4.44. The summed E-state index contributed by atoms with van der Waals surface area (Å²) >= 11 is 0. The normalized spacial score (nSPS) is 12.1. The van der Waals surface area contributed by atoms with Crippen LogP contribution in [0.5, 0.6) is 0 Å². The predicted octanol–water partition coefficient (Wildman–Crippen LogP) is 2.91. The predicted molar refractivity (Wildman–Crippen MR) is 109 cm³/mol. The number of nitrogen functional groups attached to an aromatic ring is 1. The van der Waals surface area contributed by atoms with Crippen LogP contribution in [0.15, 0.2) is 59.4 Å². The van der Waals surface area contributed by atoms with E-state index >= 15 is 0 Å². The molecule has 0 aliphatic carbocycles. The maximum Gasteiger partial charge on any atom is 0.254 e. The molecule has 2 aromatic carbocycles. The van der Waals surface area contributed by atoms with Crippen molar-refractivity contribution in [3.05, 3.63) is 81.8 Å². The minimum atomic E-state index is -0.138. The highest BCUT2D eigenvalue weighted by atomic mass is 16.2. The number of hydrogen-bond acceptors (Lipinski definition) is 4. The molecule has 1 atom stereocenters. The van der Waals surface area contributed by atoms with Crippen LogP contribution < -0.4 is 11.3 Å². The summed E-state index contributed by atoms with van der Waals surface area (Å²) in [5.74, 6) is 0.324. The SMILES string of the molecule is C[C@@H](Cc1cccc(-c2ccc(CCO)cc2)c1)c1cc(=O)n(C)c(N)n1. The van der Waals surface area contributed by atoms with E-state index < -0.39 is 0 Å². The maximum absolute atomic E-state index is 12.0. The highest BCUT2D eigenvalue weighted by molar-refractivity contribution is 5.64. The molecule has 1 aromatic heterocycles. The molecule has 3 aromatic rings. The molecule has 140 valence electrons. The number of aromatic nitrogens is 2. The van der Waals surface area contributed by atoms with Crippen molar-refractivity contribution < 1.29 is 5.11 Å². The summed E-state index contributed by atoms with van der Waals surface area (Å²) in [5.41, 5.74) is 11.0. The number of anilines is 1. The highest BCUT2D eigenvalue weighted by Gasteiger charge is 2.12. The van der Waals surface area contributed by atoms with Gasteiger partial charge in [0.05, 0.1) is 5.69 Å². The van der Waals surface area contributed by atoms with Crippen molar-refractivity contribution in [2.75, 3.05) is 12.3 Å². The zero-order valence-corrected chi connectivity index (χ0v) is 15.7. The average molecular weight is 363 g/mol. The molecule has 5 heteroatoms. The second-order valence-electron chi connectivity index (χ2n) is 6.91. The van der Waals surface area contributed by atoms with Crippen LogP contribution in [-0.2, 0) is 19.9 Å². The largest absolute Gasteiger partial charge is 0.396 e.